The van der Waals surface area contributed by atoms with Gasteiger partial charge in [0.15, 0.2) is 0 Å². The third kappa shape index (κ3) is 34.7. The van der Waals surface area contributed by atoms with E-state index in [0.29, 0.717) is 0 Å². The van der Waals surface area contributed by atoms with E-state index in [0.717, 1.165) is 58.8 Å². The van der Waals surface area contributed by atoms with Crippen molar-refractivity contribution < 1.29 is 0 Å². The summed E-state index contributed by atoms with van der Waals surface area (Å²) < 4.78 is 0. The summed E-state index contributed by atoms with van der Waals surface area (Å²) >= 11 is 0. The van der Waals surface area contributed by atoms with Crippen LogP contribution in [0.4, 0.5) is 0 Å². The molecule has 4 nitrogen and oxygen atoms in total. The van der Waals surface area contributed by atoms with Gasteiger partial charge in [-0.15, -0.1) is 56.2 Å². The van der Waals surface area contributed by atoms with Crippen LogP contribution < -0.4 is 21.3 Å². The third-order valence-corrected chi connectivity index (χ3v) is 2.64. The minimum Gasteiger partial charge on any atom is -0.317 e. The molecule has 23 heavy (non-hydrogen) atoms. The molecule has 4 N–H and O–H groups in total. The lowest BCUT2D eigenvalue weighted by atomic mass is 10.4. The van der Waals surface area contributed by atoms with Gasteiger partial charge in [0, 0.05) is 19.6 Å². The zero-order chi connectivity index (χ0) is 14.0. The molecule has 0 aromatic rings. The summed E-state index contributed by atoms with van der Waals surface area (Å²) in [7, 11) is 0. The van der Waals surface area contributed by atoms with Crippen molar-refractivity contribution in [1.82, 2.24) is 21.3 Å². The van der Waals surface area contributed by atoms with Crippen LogP contribution in [0, 0.1) is 0 Å². The summed E-state index contributed by atoms with van der Waals surface area (Å²) in [4.78, 5) is 0. The monoisotopic (exact) mass is 412 g/mol. The van der Waals surface area contributed by atoms with E-state index in [2.05, 4.69) is 46.9 Å². The van der Waals surface area contributed by atoms with Gasteiger partial charge in [-0.2, -0.15) is 0 Å². The van der Waals surface area contributed by atoms with Gasteiger partial charge in [0.25, 0.3) is 0 Å². The molecule has 0 bridgehead atoms. The van der Waals surface area contributed by atoms with Gasteiger partial charge in [-0.25, -0.2) is 0 Å². The Bertz CT molecular complexity index is 220. The van der Waals surface area contributed by atoms with Crippen LogP contribution in [0.3, 0.4) is 0 Å². The van der Waals surface area contributed by atoms with E-state index in [-0.39, 0.29) is 49.6 Å². The van der Waals surface area contributed by atoms with Gasteiger partial charge in [0.2, 0.25) is 0 Å². The van der Waals surface area contributed by atoms with Gasteiger partial charge < -0.3 is 21.3 Å². The largest absolute Gasteiger partial charge is 0.317 e. The molecule has 0 atom stereocenters. The summed E-state index contributed by atoms with van der Waals surface area (Å²) in [5.74, 6) is 0. The highest BCUT2D eigenvalue weighted by Gasteiger charge is 1.86. The van der Waals surface area contributed by atoms with Crippen LogP contribution >= 0.6 is 49.6 Å². The predicted molar refractivity (Wildman–Crippen MR) is 115 cm³/mol. The van der Waals surface area contributed by atoms with Crippen LogP contribution in [-0.2, 0) is 0 Å². The molecule has 0 amide bonds. The second-order valence-electron chi connectivity index (χ2n) is 4.43. The second kappa shape index (κ2) is 33.9. The van der Waals surface area contributed by atoms with Gasteiger partial charge in [0.05, 0.1) is 0 Å². The molecule has 0 radical (unpaired) electrons. The number of hydrogen-bond donors (Lipinski definition) is 4. The van der Waals surface area contributed by atoms with E-state index in [9.17, 15) is 0 Å². The van der Waals surface area contributed by atoms with Gasteiger partial charge in [0.1, 0.15) is 0 Å². The Kier molecular flexibility index (Phi) is 51.3. The summed E-state index contributed by atoms with van der Waals surface area (Å²) in [6.45, 7) is 14.0. The van der Waals surface area contributed by atoms with Gasteiger partial charge in [-0.05, 0) is 45.6 Å². The van der Waals surface area contributed by atoms with E-state index in [1.165, 1.54) is 6.42 Å². The first-order valence-electron chi connectivity index (χ1n) is 7.50. The Morgan fingerprint density at radius 1 is 0.652 bits per heavy atom. The van der Waals surface area contributed by atoms with Gasteiger partial charge in [-0.3, -0.25) is 0 Å². The first-order chi connectivity index (χ1) is 9.41. The molecular formula is C15H36Cl4N4. The van der Waals surface area contributed by atoms with Crippen molar-refractivity contribution in [1.29, 1.82) is 0 Å². The molecular weight excluding hydrogens is 378 g/mol. The third-order valence-electron chi connectivity index (χ3n) is 2.64. The maximum atomic E-state index is 3.67. The smallest absolute Gasteiger partial charge is 0.0135 e. The number of rotatable bonds is 15. The second-order valence-corrected chi connectivity index (χ2v) is 4.43. The molecule has 144 valence electrons. The molecule has 0 unspecified atom stereocenters. The summed E-state index contributed by atoms with van der Waals surface area (Å²) in [6.07, 6.45) is 8.62. The van der Waals surface area contributed by atoms with Crippen molar-refractivity contribution in [3.63, 3.8) is 0 Å². The molecule has 0 rings (SSSR count). The van der Waals surface area contributed by atoms with Crippen LogP contribution in [0.1, 0.15) is 19.8 Å². The lowest BCUT2D eigenvalue weighted by Gasteiger charge is -2.03. The molecule has 0 heterocycles. The number of hydrogen-bond acceptors (Lipinski definition) is 4. The minimum absolute atomic E-state index is 0. The normalized spacial score (nSPS) is 9.26. The Hall–Kier alpha value is 0.480. The molecule has 0 saturated heterocycles. The fraction of sp³-hybridized carbons (Fsp3) is 0.733. The van der Waals surface area contributed by atoms with Crippen LogP contribution in [0.5, 0.6) is 0 Å². The van der Waals surface area contributed by atoms with E-state index >= 15 is 0 Å². The van der Waals surface area contributed by atoms with E-state index < -0.39 is 0 Å². The maximum absolute atomic E-state index is 3.67. The van der Waals surface area contributed by atoms with E-state index in [1.54, 1.807) is 0 Å². The van der Waals surface area contributed by atoms with Crippen molar-refractivity contribution in [3.8, 4) is 0 Å². The van der Waals surface area contributed by atoms with Crippen molar-refractivity contribution in [3.05, 3.63) is 24.8 Å². The van der Waals surface area contributed by atoms with Crippen molar-refractivity contribution in [2.75, 3.05) is 52.4 Å². The van der Waals surface area contributed by atoms with E-state index in [4.69, 9.17) is 0 Å². The van der Waals surface area contributed by atoms with Crippen molar-refractivity contribution in [2.45, 2.75) is 19.8 Å². The molecule has 0 saturated carbocycles. The van der Waals surface area contributed by atoms with Crippen LogP contribution in [0.2, 0.25) is 0 Å². The Morgan fingerprint density at radius 3 is 1.43 bits per heavy atom. The average Bonchev–Trinajstić information content (AvgIpc) is 2.43. The summed E-state index contributed by atoms with van der Waals surface area (Å²) in [6, 6.07) is 0. The lowest BCUT2D eigenvalue weighted by molar-refractivity contribution is 0.627. The highest BCUT2D eigenvalue weighted by Crippen LogP contribution is 1.76. The highest BCUT2D eigenvalue weighted by atomic mass is 35.5. The van der Waals surface area contributed by atoms with Crippen molar-refractivity contribution in [2.24, 2.45) is 0 Å². The molecule has 0 aliphatic carbocycles. The highest BCUT2D eigenvalue weighted by molar-refractivity contribution is 5.86. The zero-order valence-corrected chi connectivity index (χ0v) is 17.4. The molecule has 0 aromatic heterocycles. The Labute approximate surface area is 167 Å². The van der Waals surface area contributed by atoms with E-state index in [1.807, 2.05) is 6.08 Å². The summed E-state index contributed by atoms with van der Waals surface area (Å²) in [5.41, 5.74) is 0. The molecule has 0 aromatic carbocycles. The average molecular weight is 414 g/mol. The van der Waals surface area contributed by atoms with Gasteiger partial charge >= 0.3 is 0 Å². The van der Waals surface area contributed by atoms with Gasteiger partial charge in [-0.1, -0.05) is 25.2 Å². The quantitative estimate of drug-likeness (QED) is 0.246. The predicted octanol–water partition coefficient (Wildman–Crippen LogP) is 2.57. The Balaban J connectivity index is -0.000000270. The molecule has 0 aliphatic heterocycles. The van der Waals surface area contributed by atoms with Crippen LogP contribution in [0.15, 0.2) is 24.8 Å². The fourth-order valence-corrected chi connectivity index (χ4v) is 1.60. The summed E-state index contributed by atoms with van der Waals surface area (Å²) in [5, 5.41) is 13.4. The molecule has 0 spiro atoms. The standard InChI is InChI=1S/C15H32N4.4ClH/c1-3-9-17-13-8-15-19-11-6-5-10-18-14-7-12-16-4-2;;;;/h3,5-6,16-19H,1,4,7-15H2,2H3;4*1H/b6-5+;;;;. The minimum atomic E-state index is 0. The molecule has 0 fully saturated rings. The lowest BCUT2D eigenvalue weighted by Crippen LogP contribution is -2.23. The van der Waals surface area contributed by atoms with Crippen LogP contribution in [0.25, 0.3) is 0 Å². The number of nitrogens with one attached hydrogen (secondary N) is 4. The maximum Gasteiger partial charge on any atom is 0.0135 e. The first-order valence-corrected chi connectivity index (χ1v) is 7.50. The zero-order valence-electron chi connectivity index (χ0n) is 14.1. The molecule has 0 aliphatic rings. The fourth-order valence-electron chi connectivity index (χ4n) is 1.60. The SMILES string of the molecule is C=CCNCCCNC/C=C/CNCCCNCC.Cl.Cl.Cl.Cl. The molecule has 8 heteroatoms. The topological polar surface area (TPSA) is 48.1 Å². The van der Waals surface area contributed by atoms with Crippen molar-refractivity contribution >= 4 is 49.6 Å². The van der Waals surface area contributed by atoms with Crippen LogP contribution in [-0.4, -0.2) is 52.4 Å². The Morgan fingerprint density at radius 2 is 1.04 bits per heavy atom. The number of halogens is 4. The first kappa shape index (κ1) is 34.7.